The van der Waals surface area contributed by atoms with Crippen LogP contribution >= 0.6 is 0 Å². The van der Waals surface area contributed by atoms with Crippen molar-refractivity contribution < 1.29 is 4.42 Å². The van der Waals surface area contributed by atoms with Crippen molar-refractivity contribution in [1.82, 2.24) is 5.32 Å². The third-order valence-corrected chi connectivity index (χ3v) is 3.58. The Bertz CT molecular complexity index is 275. The van der Waals surface area contributed by atoms with Gasteiger partial charge in [-0.05, 0) is 49.8 Å². The van der Waals surface area contributed by atoms with Gasteiger partial charge in [-0.3, -0.25) is 0 Å². The Labute approximate surface area is 112 Å². The zero-order valence-electron chi connectivity index (χ0n) is 12.2. The Morgan fingerprint density at radius 2 is 1.83 bits per heavy atom. The van der Waals surface area contributed by atoms with Crippen LogP contribution in [-0.4, -0.2) is 12.6 Å². The molecule has 0 amide bonds. The van der Waals surface area contributed by atoms with E-state index >= 15 is 0 Å². The molecule has 0 aliphatic carbocycles. The van der Waals surface area contributed by atoms with E-state index in [1.54, 1.807) is 6.26 Å². The van der Waals surface area contributed by atoms with Crippen LogP contribution in [0.4, 0.5) is 0 Å². The van der Waals surface area contributed by atoms with Crippen LogP contribution in [0.1, 0.15) is 58.4 Å². The Kier molecular flexibility index (Phi) is 7.83. The van der Waals surface area contributed by atoms with Gasteiger partial charge in [0.1, 0.15) is 0 Å². The molecule has 2 heteroatoms. The number of hydrogen-bond donors (Lipinski definition) is 1. The second kappa shape index (κ2) is 9.21. The summed E-state index contributed by atoms with van der Waals surface area (Å²) in [5, 5.41) is 3.74. The maximum Gasteiger partial charge on any atom is 0.0935 e. The van der Waals surface area contributed by atoms with Crippen molar-refractivity contribution in [3.63, 3.8) is 0 Å². The topological polar surface area (TPSA) is 25.2 Å². The van der Waals surface area contributed by atoms with Crippen LogP contribution in [0.2, 0.25) is 0 Å². The van der Waals surface area contributed by atoms with Crippen molar-refractivity contribution in [3.05, 3.63) is 24.2 Å². The van der Waals surface area contributed by atoms with Crippen LogP contribution in [0, 0.1) is 5.92 Å². The van der Waals surface area contributed by atoms with Crippen molar-refractivity contribution in [3.8, 4) is 0 Å². The molecular formula is C16H29NO. The fraction of sp³-hybridized carbons (Fsp3) is 0.750. The molecule has 1 rings (SSSR count). The first-order chi connectivity index (χ1) is 8.81. The van der Waals surface area contributed by atoms with E-state index in [9.17, 15) is 0 Å². The molecule has 0 spiro atoms. The summed E-state index contributed by atoms with van der Waals surface area (Å²) in [4.78, 5) is 0. The standard InChI is InChI=1S/C16H29NO/c1-4-7-15(8-5-2)16(17-10-6-3)12-14-9-11-18-13-14/h9,11,13,15-17H,4-8,10,12H2,1-3H3. The summed E-state index contributed by atoms with van der Waals surface area (Å²) in [6.07, 6.45) is 11.2. The Balaban J connectivity index is 2.61. The first-order valence-corrected chi connectivity index (χ1v) is 7.56. The van der Waals surface area contributed by atoms with Gasteiger partial charge in [-0.25, -0.2) is 0 Å². The molecular weight excluding hydrogens is 222 g/mol. The van der Waals surface area contributed by atoms with Crippen LogP contribution in [0.15, 0.2) is 23.0 Å². The lowest BCUT2D eigenvalue weighted by Gasteiger charge is -2.27. The summed E-state index contributed by atoms with van der Waals surface area (Å²) in [5.74, 6) is 0.793. The van der Waals surface area contributed by atoms with Crippen LogP contribution < -0.4 is 5.32 Å². The quantitative estimate of drug-likeness (QED) is 0.666. The Morgan fingerprint density at radius 1 is 1.11 bits per heavy atom. The summed E-state index contributed by atoms with van der Waals surface area (Å²) in [7, 11) is 0. The van der Waals surface area contributed by atoms with Crippen LogP contribution in [0.3, 0.4) is 0 Å². The van der Waals surface area contributed by atoms with Gasteiger partial charge in [-0.2, -0.15) is 0 Å². The Morgan fingerprint density at radius 3 is 2.33 bits per heavy atom. The maximum atomic E-state index is 5.19. The average Bonchev–Trinajstić information content (AvgIpc) is 2.87. The van der Waals surface area contributed by atoms with E-state index in [4.69, 9.17) is 4.42 Å². The van der Waals surface area contributed by atoms with Gasteiger partial charge in [0, 0.05) is 6.04 Å². The summed E-state index contributed by atoms with van der Waals surface area (Å²) >= 11 is 0. The van der Waals surface area contributed by atoms with Gasteiger partial charge in [0.15, 0.2) is 0 Å². The number of hydrogen-bond acceptors (Lipinski definition) is 2. The van der Waals surface area contributed by atoms with Crippen molar-refractivity contribution in [2.45, 2.75) is 65.3 Å². The molecule has 1 aromatic rings. The minimum absolute atomic E-state index is 0.599. The molecule has 0 aromatic carbocycles. The van der Waals surface area contributed by atoms with E-state index < -0.39 is 0 Å². The van der Waals surface area contributed by atoms with Gasteiger partial charge in [-0.15, -0.1) is 0 Å². The highest BCUT2D eigenvalue weighted by Crippen LogP contribution is 2.21. The highest BCUT2D eigenvalue weighted by Gasteiger charge is 2.20. The van der Waals surface area contributed by atoms with Gasteiger partial charge in [0.25, 0.3) is 0 Å². The lowest BCUT2D eigenvalue weighted by Crippen LogP contribution is -2.38. The van der Waals surface area contributed by atoms with Gasteiger partial charge in [0.05, 0.1) is 12.5 Å². The molecule has 0 saturated carbocycles. The van der Waals surface area contributed by atoms with Gasteiger partial charge < -0.3 is 9.73 Å². The van der Waals surface area contributed by atoms with Crippen molar-refractivity contribution >= 4 is 0 Å². The SMILES string of the molecule is CCCNC(Cc1ccoc1)C(CCC)CCC. The summed E-state index contributed by atoms with van der Waals surface area (Å²) < 4.78 is 5.19. The van der Waals surface area contributed by atoms with Crippen molar-refractivity contribution in [1.29, 1.82) is 0 Å². The molecule has 1 N–H and O–H groups in total. The number of nitrogens with one attached hydrogen (secondary N) is 1. The van der Waals surface area contributed by atoms with Gasteiger partial charge in [-0.1, -0.05) is 33.6 Å². The van der Waals surface area contributed by atoms with E-state index in [2.05, 4.69) is 32.2 Å². The molecule has 104 valence electrons. The smallest absolute Gasteiger partial charge is 0.0935 e. The third kappa shape index (κ3) is 5.26. The molecule has 0 fully saturated rings. The second-order valence-corrected chi connectivity index (χ2v) is 5.23. The molecule has 1 heterocycles. The second-order valence-electron chi connectivity index (χ2n) is 5.23. The van der Waals surface area contributed by atoms with Gasteiger partial charge in [0.2, 0.25) is 0 Å². The zero-order chi connectivity index (χ0) is 13.2. The summed E-state index contributed by atoms with van der Waals surface area (Å²) in [5.41, 5.74) is 1.32. The number of furan rings is 1. The van der Waals surface area contributed by atoms with E-state index in [0.29, 0.717) is 6.04 Å². The zero-order valence-corrected chi connectivity index (χ0v) is 12.2. The molecule has 18 heavy (non-hydrogen) atoms. The predicted octanol–water partition coefficient (Wildman–Crippen LogP) is 4.41. The molecule has 2 nitrogen and oxygen atoms in total. The number of rotatable bonds is 10. The van der Waals surface area contributed by atoms with E-state index in [1.807, 2.05) is 6.26 Å². The maximum absolute atomic E-state index is 5.19. The van der Waals surface area contributed by atoms with E-state index in [-0.39, 0.29) is 0 Å². The Hall–Kier alpha value is -0.760. The van der Waals surface area contributed by atoms with Crippen molar-refractivity contribution in [2.75, 3.05) is 6.54 Å². The lowest BCUT2D eigenvalue weighted by molar-refractivity contribution is 0.308. The van der Waals surface area contributed by atoms with Crippen LogP contribution in [0.25, 0.3) is 0 Å². The average molecular weight is 251 g/mol. The fourth-order valence-electron chi connectivity index (χ4n) is 2.69. The molecule has 0 bridgehead atoms. The third-order valence-electron chi connectivity index (χ3n) is 3.58. The largest absolute Gasteiger partial charge is 0.472 e. The normalized spacial score (nSPS) is 13.1. The van der Waals surface area contributed by atoms with E-state index in [0.717, 1.165) is 18.9 Å². The first kappa shape index (κ1) is 15.3. The summed E-state index contributed by atoms with van der Waals surface area (Å²) in [6.45, 7) is 7.93. The van der Waals surface area contributed by atoms with Gasteiger partial charge >= 0.3 is 0 Å². The molecule has 1 aromatic heterocycles. The van der Waals surface area contributed by atoms with Crippen molar-refractivity contribution in [2.24, 2.45) is 5.92 Å². The van der Waals surface area contributed by atoms with Crippen LogP contribution in [-0.2, 0) is 6.42 Å². The highest BCUT2D eigenvalue weighted by molar-refractivity contribution is 5.08. The molecule has 0 saturated heterocycles. The minimum atomic E-state index is 0.599. The van der Waals surface area contributed by atoms with E-state index in [1.165, 1.54) is 37.7 Å². The highest BCUT2D eigenvalue weighted by atomic mass is 16.3. The molecule has 0 aliphatic heterocycles. The molecule has 0 radical (unpaired) electrons. The predicted molar refractivity (Wildman–Crippen MR) is 77.8 cm³/mol. The summed E-state index contributed by atoms with van der Waals surface area (Å²) in [6, 6.07) is 2.69. The molecule has 1 unspecified atom stereocenters. The molecule has 0 aliphatic rings. The molecule has 1 atom stereocenters. The minimum Gasteiger partial charge on any atom is -0.472 e. The monoisotopic (exact) mass is 251 g/mol. The fourth-order valence-corrected chi connectivity index (χ4v) is 2.69. The van der Waals surface area contributed by atoms with Crippen LogP contribution in [0.5, 0.6) is 0 Å². The lowest BCUT2D eigenvalue weighted by atomic mass is 9.87. The first-order valence-electron chi connectivity index (χ1n) is 7.56.